The molecule has 2 fully saturated rings. The van der Waals surface area contributed by atoms with Gasteiger partial charge in [0, 0.05) is 26.2 Å². The summed E-state index contributed by atoms with van der Waals surface area (Å²) >= 11 is 0. The van der Waals surface area contributed by atoms with E-state index < -0.39 is 5.54 Å². The molecule has 1 saturated heterocycles. The summed E-state index contributed by atoms with van der Waals surface area (Å²) < 4.78 is 5.77. The molecule has 1 heterocycles. The number of morpholine rings is 1. The molecule has 5 nitrogen and oxygen atoms in total. The van der Waals surface area contributed by atoms with Crippen molar-refractivity contribution in [1.82, 2.24) is 10.2 Å². The van der Waals surface area contributed by atoms with Crippen molar-refractivity contribution in [3.05, 3.63) is 35.4 Å². The number of ether oxygens (including phenoxy) is 1. The van der Waals surface area contributed by atoms with Gasteiger partial charge in [0.2, 0.25) is 5.91 Å². The molecule has 1 aromatic rings. The van der Waals surface area contributed by atoms with E-state index in [1.54, 1.807) is 0 Å². The van der Waals surface area contributed by atoms with Gasteiger partial charge in [-0.1, -0.05) is 24.3 Å². The monoisotopic (exact) mass is 389 g/mol. The van der Waals surface area contributed by atoms with Crippen LogP contribution in [-0.4, -0.2) is 41.6 Å². The highest BCUT2D eigenvalue weighted by molar-refractivity contribution is 5.88. The van der Waals surface area contributed by atoms with E-state index in [4.69, 9.17) is 10.5 Å². The van der Waals surface area contributed by atoms with Crippen LogP contribution in [0.25, 0.3) is 0 Å². The molecule has 142 valence electrons. The zero-order chi connectivity index (χ0) is 16.4. The molecule has 1 aromatic carbocycles. The first-order valence-electron chi connectivity index (χ1n) is 8.47. The van der Waals surface area contributed by atoms with Crippen LogP contribution in [0.15, 0.2) is 24.3 Å². The highest BCUT2D eigenvalue weighted by Crippen LogP contribution is 2.32. The molecule has 2 aliphatic rings. The fourth-order valence-electron chi connectivity index (χ4n) is 3.15. The fourth-order valence-corrected chi connectivity index (χ4v) is 3.15. The van der Waals surface area contributed by atoms with Gasteiger partial charge in [-0.3, -0.25) is 9.69 Å². The van der Waals surface area contributed by atoms with Gasteiger partial charge in [0.05, 0.1) is 17.7 Å². The Balaban J connectivity index is 0.00000156. The Morgan fingerprint density at radius 1 is 1.16 bits per heavy atom. The smallest absolute Gasteiger partial charge is 0.240 e. The van der Waals surface area contributed by atoms with Crippen LogP contribution in [0, 0.1) is 0 Å². The molecular weight excluding hydrogens is 361 g/mol. The van der Waals surface area contributed by atoms with Gasteiger partial charge >= 0.3 is 0 Å². The maximum absolute atomic E-state index is 11.8. The van der Waals surface area contributed by atoms with Crippen LogP contribution in [0.3, 0.4) is 0 Å². The van der Waals surface area contributed by atoms with Gasteiger partial charge in [0.1, 0.15) is 0 Å². The molecule has 0 radical (unpaired) electrons. The Morgan fingerprint density at radius 3 is 2.20 bits per heavy atom. The summed E-state index contributed by atoms with van der Waals surface area (Å²) in [7, 11) is 0. The molecule has 2 unspecified atom stereocenters. The van der Waals surface area contributed by atoms with Crippen molar-refractivity contribution in [2.75, 3.05) is 13.1 Å². The molecule has 1 aliphatic carbocycles. The molecule has 3 rings (SSSR count). The predicted molar refractivity (Wildman–Crippen MR) is 104 cm³/mol. The quantitative estimate of drug-likeness (QED) is 0.809. The number of carbonyl (C=O) groups excluding carboxylic acids is 1. The van der Waals surface area contributed by atoms with E-state index >= 15 is 0 Å². The molecule has 3 N–H and O–H groups in total. The van der Waals surface area contributed by atoms with E-state index in [2.05, 4.69) is 48.3 Å². The van der Waals surface area contributed by atoms with Crippen molar-refractivity contribution in [2.24, 2.45) is 5.73 Å². The van der Waals surface area contributed by atoms with Gasteiger partial charge in [0.25, 0.3) is 0 Å². The van der Waals surface area contributed by atoms with Gasteiger partial charge in [-0.2, -0.15) is 0 Å². The maximum Gasteiger partial charge on any atom is 0.240 e. The summed E-state index contributed by atoms with van der Waals surface area (Å²) in [5, 5.41) is 2.92. The van der Waals surface area contributed by atoms with E-state index in [0.717, 1.165) is 38.0 Å². The van der Waals surface area contributed by atoms with Gasteiger partial charge < -0.3 is 15.8 Å². The van der Waals surface area contributed by atoms with Gasteiger partial charge in [-0.15, -0.1) is 24.8 Å². The van der Waals surface area contributed by atoms with E-state index in [1.807, 2.05) is 0 Å². The number of hydrogen-bond donors (Lipinski definition) is 2. The predicted octanol–water partition coefficient (Wildman–Crippen LogP) is 2.25. The van der Waals surface area contributed by atoms with Crippen LogP contribution in [-0.2, 0) is 22.6 Å². The molecule has 25 heavy (non-hydrogen) atoms. The first-order chi connectivity index (χ1) is 10.9. The van der Waals surface area contributed by atoms with Crippen LogP contribution in [0.2, 0.25) is 0 Å². The third kappa shape index (κ3) is 6.12. The molecule has 1 saturated carbocycles. The van der Waals surface area contributed by atoms with Crippen molar-refractivity contribution >= 4 is 30.7 Å². The van der Waals surface area contributed by atoms with E-state index in [0.29, 0.717) is 18.8 Å². The number of halogens is 2. The van der Waals surface area contributed by atoms with E-state index in [9.17, 15) is 4.79 Å². The second kappa shape index (κ2) is 9.19. The van der Waals surface area contributed by atoms with Crippen LogP contribution in [0.1, 0.15) is 37.8 Å². The lowest BCUT2D eigenvalue weighted by atomic mass is 10.1. The Morgan fingerprint density at radius 2 is 1.68 bits per heavy atom. The molecule has 1 aliphatic heterocycles. The summed E-state index contributed by atoms with van der Waals surface area (Å²) in [6.45, 7) is 7.68. The highest BCUT2D eigenvalue weighted by Gasteiger charge is 2.45. The number of benzene rings is 1. The number of nitrogens with one attached hydrogen (secondary N) is 1. The third-order valence-corrected chi connectivity index (χ3v) is 4.62. The minimum atomic E-state index is -0.594. The highest BCUT2D eigenvalue weighted by atomic mass is 35.5. The lowest BCUT2D eigenvalue weighted by Crippen LogP contribution is -2.44. The summed E-state index contributed by atoms with van der Waals surface area (Å²) in [6.07, 6.45) is 2.18. The Bertz CT molecular complexity index is 554. The summed E-state index contributed by atoms with van der Waals surface area (Å²) in [5.74, 6) is -0.0298. The minimum absolute atomic E-state index is 0. The number of hydrogen-bond acceptors (Lipinski definition) is 4. The standard InChI is InChI=1S/C18H27N3O2.2ClH/c1-13-10-21(11-14(2)23-13)12-16-5-3-15(4-6-16)9-20-17(22)18(19)7-8-18;;/h3-6,13-14H,7-12,19H2,1-2H3,(H,20,22);2*1H. The third-order valence-electron chi connectivity index (χ3n) is 4.62. The van der Waals surface area contributed by atoms with Crippen molar-refractivity contribution in [3.63, 3.8) is 0 Å². The lowest BCUT2D eigenvalue weighted by molar-refractivity contribution is -0.123. The van der Waals surface area contributed by atoms with Gasteiger partial charge in [0.15, 0.2) is 0 Å². The molecule has 0 aromatic heterocycles. The molecule has 0 bridgehead atoms. The molecular formula is C18H29Cl2N3O2. The van der Waals surface area contributed by atoms with E-state index in [1.165, 1.54) is 5.56 Å². The Hall–Kier alpha value is -0.850. The number of nitrogens with zero attached hydrogens (tertiary/aromatic N) is 1. The van der Waals surface area contributed by atoms with E-state index in [-0.39, 0.29) is 30.7 Å². The number of carbonyl (C=O) groups is 1. The van der Waals surface area contributed by atoms with Crippen molar-refractivity contribution in [2.45, 2.75) is 57.5 Å². The van der Waals surface area contributed by atoms with Crippen LogP contribution >= 0.6 is 24.8 Å². The van der Waals surface area contributed by atoms with Gasteiger partial charge in [-0.25, -0.2) is 0 Å². The molecule has 7 heteroatoms. The SMILES string of the molecule is CC1CN(Cc2ccc(CNC(=O)C3(N)CC3)cc2)CC(C)O1.Cl.Cl. The second-order valence-corrected chi connectivity index (χ2v) is 7.11. The first-order valence-corrected chi connectivity index (χ1v) is 8.47. The molecule has 1 amide bonds. The summed E-state index contributed by atoms with van der Waals surface area (Å²) in [4.78, 5) is 14.3. The topological polar surface area (TPSA) is 67.6 Å². The average molecular weight is 390 g/mol. The largest absolute Gasteiger partial charge is 0.373 e. The summed E-state index contributed by atoms with van der Waals surface area (Å²) in [5.41, 5.74) is 7.68. The zero-order valence-electron chi connectivity index (χ0n) is 14.9. The zero-order valence-corrected chi connectivity index (χ0v) is 16.5. The van der Waals surface area contributed by atoms with Crippen LogP contribution in [0.4, 0.5) is 0 Å². The van der Waals surface area contributed by atoms with Crippen molar-refractivity contribution < 1.29 is 9.53 Å². The van der Waals surface area contributed by atoms with Crippen molar-refractivity contribution in [3.8, 4) is 0 Å². The first kappa shape index (κ1) is 22.2. The van der Waals surface area contributed by atoms with Crippen LogP contribution in [0.5, 0.6) is 0 Å². The molecule has 2 atom stereocenters. The van der Waals surface area contributed by atoms with Crippen molar-refractivity contribution in [1.29, 1.82) is 0 Å². The molecule has 0 spiro atoms. The fraction of sp³-hybridized carbons (Fsp3) is 0.611. The number of nitrogens with two attached hydrogens (primary N) is 1. The normalized spacial score (nSPS) is 24.6. The Kier molecular flexibility index (Phi) is 8.16. The number of rotatable bonds is 5. The second-order valence-electron chi connectivity index (χ2n) is 7.11. The minimum Gasteiger partial charge on any atom is -0.373 e. The lowest BCUT2D eigenvalue weighted by Gasteiger charge is -2.35. The number of amides is 1. The van der Waals surface area contributed by atoms with Gasteiger partial charge in [-0.05, 0) is 37.8 Å². The average Bonchev–Trinajstić information content (AvgIpc) is 3.24. The van der Waals surface area contributed by atoms with Crippen LogP contribution < -0.4 is 11.1 Å². The summed E-state index contributed by atoms with van der Waals surface area (Å²) in [6, 6.07) is 8.45. The Labute approximate surface area is 162 Å². The maximum atomic E-state index is 11.8.